The number of carbonyl (C=O) groups is 2. The first-order valence-corrected chi connectivity index (χ1v) is 6.01. The molecule has 0 heterocycles. The molecule has 1 aliphatic rings. The van der Waals surface area contributed by atoms with Crippen molar-refractivity contribution >= 4 is 17.5 Å². The maximum Gasteiger partial charge on any atom is 0.251 e. The van der Waals surface area contributed by atoms with Crippen molar-refractivity contribution < 1.29 is 9.59 Å². The monoisotopic (exact) mass is 247 g/mol. The zero-order chi connectivity index (χ0) is 13.1. The van der Waals surface area contributed by atoms with Crippen molar-refractivity contribution in [3.05, 3.63) is 29.3 Å². The van der Waals surface area contributed by atoms with Crippen molar-refractivity contribution in [2.45, 2.75) is 25.8 Å². The van der Waals surface area contributed by atoms with Crippen molar-refractivity contribution in [1.82, 2.24) is 5.32 Å². The minimum Gasteiger partial charge on any atom is -0.349 e. The van der Waals surface area contributed by atoms with Gasteiger partial charge in [0.15, 0.2) is 0 Å². The van der Waals surface area contributed by atoms with Crippen LogP contribution in [0.5, 0.6) is 0 Å². The predicted octanol–water partition coefficient (Wildman–Crippen LogP) is 0.784. The number of rotatable bonds is 4. The summed E-state index contributed by atoms with van der Waals surface area (Å²) in [6, 6.07) is 5.57. The second-order valence-electron chi connectivity index (χ2n) is 4.53. The zero-order valence-corrected chi connectivity index (χ0v) is 10.3. The van der Waals surface area contributed by atoms with Gasteiger partial charge in [-0.05, 0) is 37.5 Å². The lowest BCUT2D eigenvalue weighted by molar-refractivity contribution is -0.114. The standard InChI is InChI=1S/C13H17N3O2/c1-8-2-3-9(13(18)15-10-4-5-10)6-11(8)16-12(17)7-14/h2-3,6,10H,4-5,7,14H2,1H3,(H,15,18)(H,16,17). The maximum atomic E-state index is 11.9. The summed E-state index contributed by atoms with van der Waals surface area (Å²) in [7, 11) is 0. The largest absolute Gasteiger partial charge is 0.349 e. The minimum absolute atomic E-state index is 0.0715. The van der Waals surface area contributed by atoms with Gasteiger partial charge in [-0.25, -0.2) is 0 Å². The van der Waals surface area contributed by atoms with E-state index in [1.165, 1.54) is 0 Å². The number of nitrogens with two attached hydrogens (primary N) is 1. The molecule has 5 heteroatoms. The van der Waals surface area contributed by atoms with E-state index in [1.54, 1.807) is 12.1 Å². The highest BCUT2D eigenvalue weighted by atomic mass is 16.2. The van der Waals surface area contributed by atoms with Crippen LogP contribution in [0.15, 0.2) is 18.2 Å². The first-order valence-electron chi connectivity index (χ1n) is 6.01. The Morgan fingerprint density at radius 3 is 2.72 bits per heavy atom. The lowest BCUT2D eigenvalue weighted by Gasteiger charge is -2.10. The third kappa shape index (κ3) is 3.07. The third-order valence-corrected chi connectivity index (χ3v) is 2.87. The van der Waals surface area contributed by atoms with Gasteiger partial charge in [0.25, 0.3) is 5.91 Å². The number of amides is 2. The van der Waals surface area contributed by atoms with Crippen LogP contribution in [0.25, 0.3) is 0 Å². The predicted molar refractivity (Wildman–Crippen MR) is 69.4 cm³/mol. The second-order valence-corrected chi connectivity index (χ2v) is 4.53. The fourth-order valence-electron chi connectivity index (χ4n) is 1.60. The van der Waals surface area contributed by atoms with Crippen LogP contribution < -0.4 is 16.4 Å². The topological polar surface area (TPSA) is 84.2 Å². The van der Waals surface area contributed by atoms with Gasteiger partial charge in [-0.15, -0.1) is 0 Å². The molecule has 0 aromatic heterocycles. The number of hydrogen-bond acceptors (Lipinski definition) is 3. The van der Waals surface area contributed by atoms with Gasteiger partial charge in [-0.3, -0.25) is 9.59 Å². The Hall–Kier alpha value is -1.88. The van der Waals surface area contributed by atoms with E-state index in [9.17, 15) is 9.59 Å². The molecule has 0 radical (unpaired) electrons. The summed E-state index contributed by atoms with van der Waals surface area (Å²) in [5.41, 5.74) is 7.34. The molecule has 96 valence electrons. The average Bonchev–Trinajstić information content (AvgIpc) is 3.15. The summed E-state index contributed by atoms with van der Waals surface area (Å²) in [6.45, 7) is 1.80. The average molecular weight is 247 g/mol. The Morgan fingerprint density at radius 2 is 2.11 bits per heavy atom. The van der Waals surface area contributed by atoms with Gasteiger partial charge < -0.3 is 16.4 Å². The fraction of sp³-hybridized carbons (Fsp3) is 0.385. The highest BCUT2D eigenvalue weighted by Gasteiger charge is 2.23. The Balaban J connectivity index is 2.13. The molecular weight excluding hydrogens is 230 g/mol. The number of benzene rings is 1. The van der Waals surface area contributed by atoms with Crippen molar-refractivity contribution in [3.63, 3.8) is 0 Å². The minimum atomic E-state index is -0.266. The molecule has 0 aliphatic heterocycles. The van der Waals surface area contributed by atoms with Crippen LogP contribution in [0.3, 0.4) is 0 Å². The molecule has 5 nitrogen and oxygen atoms in total. The van der Waals surface area contributed by atoms with Crippen molar-refractivity contribution in [2.75, 3.05) is 11.9 Å². The fourth-order valence-corrected chi connectivity index (χ4v) is 1.60. The lowest BCUT2D eigenvalue weighted by atomic mass is 10.1. The second kappa shape index (κ2) is 5.18. The zero-order valence-electron chi connectivity index (χ0n) is 10.3. The summed E-state index contributed by atoms with van der Waals surface area (Å²) < 4.78 is 0. The quantitative estimate of drug-likeness (QED) is 0.735. The van der Waals surface area contributed by atoms with Crippen LogP contribution in [-0.2, 0) is 4.79 Å². The highest BCUT2D eigenvalue weighted by molar-refractivity contribution is 5.98. The molecule has 1 aromatic rings. The van der Waals surface area contributed by atoms with Gasteiger partial charge in [0, 0.05) is 17.3 Å². The Bertz CT molecular complexity index is 481. The van der Waals surface area contributed by atoms with Gasteiger partial charge in [0.05, 0.1) is 6.54 Å². The Labute approximate surface area is 106 Å². The van der Waals surface area contributed by atoms with Crippen molar-refractivity contribution in [2.24, 2.45) is 5.73 Å². The van der Waals surface area contributed by atoms with E-state index in [-0.39, 0.29) is 18.4 Å². The summed E-state index contributed by atoms with van der Waals surface area (Å²) >= 11 is 0. The summed E-state index contributed by atoms with van der Waals surface area (Å²) in [5, 5.41) is 5.59. The van der Waals surface area contributed by atoms with Crippen LogP contribution in [0.1, 0.15) is 28.8 Å². The Kier molecular flexibility index (Phi) is 3.62. The van der Waals surface area contributed by atoms with E-state index >= 15 is 0 Å². The molecule has 1 aromatic carbocycles. The van der Waals surface area contributed by atoms with E-state index in [2.05, 4.69) is 10.6 Å². The smallest absolute Gasteiger partial charge is 0.251 e. The van der Waals surface area contributed by atoms with Gasteiger partial charge in [0.2, 0.25) is 5.91 Å². The van der Waals surface area contributed by atoms with Crippen LogP contribution in [0.4, 0.5) is 5.69 Å². The number of aryl methyl sites for hydroxylation is 1. The maximum absolute atomic E-state index is 11.9. The molecule has 1 saturated carbocycles. The normalized spacial score (nSPS) is 14.1. The molecule has 0 spiro atoms. The molecule has 2 amide bonds. The van der Waals surface area contributed by atoms with Crippen LogP contribution in [-0.4, -0.2) is 24.4 Å². The number of anilines is 1. The molecule has 0 unspecified atom stereocenters. The molecule has 0 bridgehead atoms. The van der Waals surface area contributed by atoms with E-state index < -0.39 is 0 Å². The number of nitrogens with one attached hydrogen (secondary N) is 2. The number of hydrogen-bond donors (Lipinski definition) is 3. The van der Waals surface area contributed by atoms with Gasteiger partial charge in [-0.1, -0.05) is 6.07 Å². The Morgan fingerprint density at radius 1 is 1.39 bits per heavy atom. The van der Waals surface area contributed by atoms with Crippen LogP contribution in [0.2, 0.25) is 0 Å². The van der Waals surface area contributed by atoms with E-state index in [1.807, 2.05) is 13.0 Å². The number of carbonyl (C=O) groups excluding carboxylic acids is 2. The van der Waals surface area contributed by atoms with Crippen molar-refractivity contribution in [3.8, 4) is 0 Å². The highest BCUT2D eigenvalue weighted by Crippen LogP contribution is 2.21. The molecule has 18 heavy (non-hydrogen) atoms. The molecule has 1 aliphatic carbocycles. The molecule has 2 rings (SSSR count). The molecular formula is C13H17N3O2. The third-order valence-electron chi connectivity index (χ3n) is 2.87. The van der Waals surface area contributed by atoms with Crippen LogP contribution >= 0.6 is 0 Å². The summed E-state index contributed by atoms with van der Waals surface area (Å²) in [4.78, 5) is 23.1. The molecule has 0 atom stereocenters. The SMILES string of the molecule is Cc1ccc(C(=O)NC2CC2)cc1NC(=O)CN. The molecule has 1 fully saturated rings. The molecule has 0 saturated heterocycles. The summed E-state index contributed by atoms with van der Waals surface area (Å²) in [6.07, 6.45) is 2.10. The van der Waals surface area contributed by atoms with Gasteiger partial charge >= 0.3 is 0 Å². The van der Waals surface area contributed by atoms with Gasteiger partial charge in [-0.2, -0.15) is 0 Å². The first kappa shape index (κ1) is 12.6. The van der Waals surface area contributed by atoms with Crippen LogP contribution in [0, 0.1) is 6.92 Å². The molecule has 4 N–H and O–H groups in total. The van der Waals surface area contributed by atoms with E-state index in [0.717, 1.165) is 18.4 Å². The van der Waals surface area contributed by atoms with E-state index in [4.69, 9.17) is 5.73 Å². The van der Waals surface area contributed by atoms with Crippen molar-refractivity contribution in [1.29, 1.82) is 0 Å². The first-order chi connectivity index (χ1) is 8.60. The van der Waals surface area contributed by atoms with Gasteiger partial charge in [0.1, 0.15) is 0 Å². The summed E-state index contributed by atoms with van der Waals surface area (Å²) in [5.74, 6) is -0.362. The lowest BCUT2D eigenvalue weighted by Crippen LogP contribution is -2.26. The van der Waals surface area contributed by atoms with E-state index in [0.29, 0.717) is 17.3 Å².